The van der Waals surface area contributed by atoms with Crippen LogP contribution in [0.25, 0.3) is 0 Å². The van der Waals surface area contributed by atoms with Gasteiger partial charge in [0.15, 0.2) is 5.78 Å². The largest absolute Gasteiger partial charge is 0.338 e. The summed E-state index contributed by atoms with van der Waals surface area (Å²) in [4.78, 5) is 29.7. The predicted molar refractivity (Wildman–Crippen MR) is 76.4 cm³/mol. The molecule has 0 spiro atoms. The number of benzene rings is 1. The SMILES string of the molecule is Cc1cc(N2C=NC(CC(=O)c3ccccc3)C2=O)on1. The minimum atomic E-state index is -0.705. The lowest BCUT2D eigenvalue weighted by Crippen LogP contribution is -2.31. The molecule has 6 nitrogen and oxygen atoms in total. The molecule has 1 amide bonds. The molecule has 0 N–H and O–H groups in total. The van der Waals surface area contributed by atoms with Crippen molar-refractivity contribution in [2.75, 3.05) is 4.90 Å². The minimum Gasteiger partial charge on any atom is -0.338 e. The maximum atomic E-state index is 12.2. The van der Waals surface area contributed by atoms with Crippen LogP contribution in [0.3, 0.4) is 0 Å². The maximum Gasteiger partial charge on any atom is 0.260 e. The number of aliphatic imine (C=N–C) groups is 1. The number of rotatable bonds is 4. The van der Waals surface area contributed by atoms with E-state index in [2.05, 4.69) is 10.1 Å². The molecule has 1 aliphatic rings. The number of carbonyl (C=O) groups excluding carboxylic acids is 2. The molecule has 0 bridgehead atoms. The van der Waals surface area contributed by atoms with Crippen molar-refractivity contribution in [1.82, 2.24) is 5.16 Å². The molecule has 1 aliphatic heterocycles. The summed E-state index contributed by atoms with van der Waals surface area (Å²) in [5.74, 6) is -0.0759. The Morgan fingerprint density at radius 3 is 2.76 bits per heavy atom. The van der Waals surface area contributed by atoms with Gasteiger partial charge in [0.25, 0.3) is 5.91 Å². The number of aryl methyl sites for hydroxylation is 1. The van der Waals surface area contributed by atoms with Crippen LogP contribution >= 0.6 is 0 Å². The van der Waals surface area contributed by atoms with Crippen LogP contribution in [-0.4, -0.2) is 29.2 Å². The zero-order valence-corrected chi connectivity index (χ0v) is 11.4. The van der Waals surface area contributed by atoms with Crippen molar-refractivity contribution >= 4 is 23.9 Å². The summed E-state index contributed by atoms with van der Waals surface area (Å²) in [6, 6.07) is 9.80. The molecule has 0 saturated carbocycles. The number of hydrogen-bond donors (Lipinski definition) is 0. The summed E-state index contributed by atoms with van der Waals surface area (Å²) in [5.41, 5.74) is 1.25. The highest BCUT2D eigenvalue weighted by Gasteiger charge is 2.33. The molecule has 3 rings (SSSR count). The van der Waals surface area contributed by atoms with Gasteiger partial charge in [-0.2, -0.15) is 0 Å². The van der Waals surface area contributed by atoms with Crippen LogP contribution in [0.4, 0.5) is 5.88 Å². The van der Waals surface area contributed by atoms with Gasteiger partial charge < -0.3 is 4.52 Å². The molecule has 0 saturated heterocycles. The standard InChI is InChI=1S/C15H13N3O3/c1-10-7-14(21-17-10)18-9-16-12(15(18)20)8-13(19)11-5-3-2-4-6-11/h2-7,9,12H,8H2,1H3. The van der Waals surface area contributed by atoms with Gasteiger partial charge in [0, 0.05) is 18.1 Å². The molecule has 0 aliphatic carbocycles. The van der Waals surface area contributed by atoms with Gasteiger partial charge in [0.1, 0.15) is 12.4 Å². The lowest BCUT2D eigenvalue weighted by atomic mass is 10.0. The first-order valence-corrected chi connectivity index (χ1v) is 6.53. The predicted octanol–water partition coefficient (Wildman–Crippen LogP) is 2.00. The van der Waals surface area contributed by atoms with Gasteiger partial charge in [0.2, 0.25) is 5.88 Å². The first-order chi connectivity index (χ1) is 10.1. The van der Waals surface area contributed by atoms with E-state index in [0.717, 1.165) is 0 Å². The molecule has 21 heavy (non-hydrogen) atoms. The highest BCUT2D eigenvalue weighted by atomic mass is 16.5. The van der Waals surface area contributed by atoms with Crippen LogP contribution in [0.1, 0.15) is 22.5 Å². The van der Waals surface area contributed by atoms with Crippen LogP contribution in [0.2, 0.25) is 0 Å². The lowest BCUT2D eigenvalue weighted by molar-refractivity contribution is -0.118. The second-order valence-electron chi connectivity index (χ2n) is 4.79. The third-order valence-electron chi connectivity index (χ3n) is 3.21. The number of anilines is 1. The summed E-state index contributed by atoms with van der Waals surface area (Å²) >= 11 is 0. The molecule has 1 unspecified atom stereocenters. The van der Waals surface area contributed by atoms with E-state index in [1.54, 1.807) is 37.3 Å². The van der Waals surface area contributed by atoms with Crippen LogP contribution in [0, 0.1) is 6.92 Å². The van der Waals surface area contributed by atoms with Crippen LogP contribution in [-0.2, 0) is 4.79 Å². The zero-order chi connectivity index (χ0) is 14.8. The Bertz CT molecular complexity index is 706. The van der Waals surface area contributed by atoms with Gasteiger partial charge in [-0.25, -0.2) is 4.90 Å². The fourth-order valence-corrected chi connectivity index (χ4v) is 2.12. The van der Waals surface area contributed by atoms with Crippen molar-refractivity contribution in [2.24, 2.45) is 4.99 Å². The summed E-state index contributed by atoms with van der Waals surface area (Å²) in [6.07, 6.45) is 1.42. The third-order valence-corrected chi connectivity index (χ3v) is 3.21. The normalized spacial score (nSPS) is 17.5. The molecule has 6 heteroatoms. The van der Waals surface area contributed by atoms with E-state index in [1.807, 2.05) is 6.07 Å². The molecule has 0 fully saturated rings. The molecule has 1 aromatic carbocycles. The Labute approximate surface area is 121 Å². The Morgan fingerprint density at radius 1 is 1.33 bits per heavy atom. The fraction of sp³-hybridized carbons (Fsp3) is 0.200. The smallest absolute Gasteiger partial charge is 0.260 e. The van der Waals surface area contributed by atoms with E-state index >= 15 is 0 Å². The second-order valence-corrected chi connectivity index (χ2v) is 4.79. The first-order valence-electron chi connectivity index (χ1n) is 6.53. The van der Waals surface area contributed by atoms with Gasteiger partial charge in [-0.15, -0.1) is 0 Å². The van der Waals surface area contributed by atoms with E-state index in [4.69, 9.17) is 4.52 Å². The van der Waals surface area contributed by atoms with E-state index in [-0.39, 0.29) is 18.1 Å². The quantitative estimate of drug-likeness (QED) is 0.804. The maximum absolute atomic E-state index is 12.2. The average Bonchev–Trinajstić information content (AvgIpc) is 3.07. The van der Waals surface area contributed by atoms with Gasteiger partial charge in [-0.1, -0.05) is 35.5 Å². The van der Waals surface area contributed by atoms with Crippen molar-refractivity contribution in [3.8, 4) is 0 Å². The number of aromatic nitrogens is 1. The number of hydrogen-bond acceptors (Lipinski definition) is 5. The number of amides is 1. The lowest BCUT2D eigenvalue weighted by Gasteiger charge is -2.10. The van der Waals surface area contributed by atoms with E-state index in [0.29, 0.717) is 17.1 Å². The zero-order valence-electron chi connectivity index (χ0n) is 11.4. The van der Waals surface area contributed by atoms with Crippen LogP contribution in [0.15, 0.2) is 45.9 Å². The molecule has 2 aromatic rings. The molecular formula is C15H13N3O3. The van der Waals surface area contributed by atoms with Gasteiger partial charge >= 0.3 is 0 Å². The summed E-state index contributed by atoms with van der Waals surface area (Å²) in [6.45, 7) is 1.76. The number of Topliss-reactive ketones (excluding diaryl/α,β-unsaturated/α-hetero) is 1. The molecule has 0 radical (unpaired) electrons. The Kier molecular flexibility index (Phi) is 3.35. The van der Waals surface area contributed by atoms with Crippen molar-refractivity contribution in [2.45, 2.75) is 19.4 Å². The van der Waals surface area contributed by atoms with Gasteiger partial charge in [0.05, 0.1) is 5.69 Å². The fourth-order valence-electron chi connectivity index (χ4n) is 2.12. The number of nitrogens with zero attached hydrogens (tertiary/aromatic N) is 3. The van der Waals surface area contributed by atoms with E-state index < -0.39 is 6.04 Å². The summed E-state index contributed by atoms with van der Waals surface area (Å²) in [7, 11) is 0. The summed E-state index contributed by atoms with van der Waals surface area (Å²) < 4.78 is 5.04. The highest BCUT2D eigenvalue weighted by molar-refractivity contribution is 6.15. The first kappa shape index (κ1) is 13.2. The number of ketones is 1. The van der Waals surface area contributed by atoms with Crippen LogP contribution in [0.5, 0.6) is 0 Å². The molecule has 1 atom stereocenters. The van der Waals surface area contributed by atoms with Crippen molar-refractivity contribution in [3.63, 3.8) is 0 Å². The minimum absolute atomic E-state index is 0.0446. The third kappa shape index (κ3) is 2.60. The van der Waals surface area contributed by atoms with Gasteiger partial charge in [-0.05, 0) is 6.92 Å². The van der Waals surface area contributed by atoms with Crippen LogP contribution < -0.4 is 4.90 Å². The van der Waals surface area contributed by atoms with Crippen molar-refractivity contribution in [1.29, 1.82) is 0 Å². The second kappa shape index (κ2) is 5.32. The van der Waals surface area contributed by atoms with Crippen molar-refractivity contribution in [3.05, 3.63) is 47.7 Å². The molecule has 1 aromatic heterocycles. The van der Waals surface area contributed by atoms with Gasteiger partial charge in [-0.3, -0.25) is 14.6 Å². The van der Waals surface area contributed by atoms with E-state index in [9.17, 15) is 9.59 Å². The monoisotopic (exact) mass is 283 g/mol. The number of carbonyl (C=O) groups is 2. The Balaban J connectivity index is 1.70. The topological polar surface area (TPSA) is 75.8 Å². The molecule has 106 valence electrons. The van der Waals surface area contributed by atoms with E-state index in [1.165, 1.54) is 11.2 Å². The van der Waals surface area contributed by atoms with Crippen molar-refractivity contribution < 1.29 is 14.1 Å². The Morgan fingerprint density at radius 2 is 2.10 bits per heavy atom. The molecular weight excluding hydrogens is 270 g/mol. The molecule has 2 heterocycles. The average molecular weight is 283 g/mol. The Hall–Kier alpha value is -2.76. The highest BCUT2D eigenvalue weighted by Crippen LogP contribution is 2.21. The summed E-state index contributed by atoms with van der Waals surface area (Å²) in [5, 5.41) is 3.73.